The van der Waals surface area contributed by atoms with Gasteiger partial charge < -0.3 is 14.4 Å². The molecule has 1 amide bonds. The summed E-state index contributed by atoms with van der Waals surface area (Å²) in [7, 11) is 0. The second-order valence-corrected chi connectivity index (χ2v) is 5.17. The Bertz CT molecular complexity index is 402. The van der Waals surface area contributed by atoms with Crippen LogP contribution >= 0.6 is 11.8 Å². The molecule has 2 heterocycles. The predicted octanol–water partition coefficient (Wildman–Crippen LogP) is 1.84. The van der Waals surface area contributed by atoms with Gasteiger partial charge in [0.1, 0.15) is 0 Å². The van der Waals surface area contributed by atoms with Gasteiger partial charge in [0, 0.05) is 19.0 Å². The van der Waals surface area contributed by atoms with Crippen molar-refractivity contribution in [1.29, 1.82) is 0 Å². The monoisotopic (exact) mass is 255 g/mol. The molecule has 1 aliphatic rings. The minimum atomic E-state index is -0.355. The van der Waals surface area contributed by atoms with E-state index in [0.717, 1.165) is 11.5 Å². The van der Waals surface area contributed by atoms with Gasteiger partial charge in [-0.1, -0.05) is 11.8 Å². The molecule has 0 spiro atoms. The molecule has 2 unspecified atom stereocenters. The molecule has 0 bridgehead atoms. The average Bonchev–Trinajstić information content (AvgIpc) is 2.97. The normalized spacial score (nSPS) is 21.8. The number of nitrogens with zero attached hydrogens (tertiary/aromatic N) is 1. The van der Waals surface area contributed by atoms with Crippen LogP contribution in [0.15, 0.2) is 21.6 Å². The van der Waals surface area contributed by atoms with Crippen molar-refractivity contribution in [3.63, 3.8) is 0 Å². The molecular weight excluding hydrogens is 238 g/mol. The zero-order chi connectivity index (χ0) is 12.4. The van der Waals surface area contributed by atoms with Crippen molar-refractivity contribution in [3.05, 3.63) is 17.9 Å². The van der Waals surface area contributed by atoms with Crippen molar-refractivity contribution >= 4 is 17.7 Å². The first kappa shape index (κ1) is 12.5. The van der Waals surface area contributed by atoms with Gasteiger partial charge in [0.05, 0.1) is 6.10 Å². The Hall–Kier alpha value is -0.940. The SMILES string of the molecule is CSc1ccc(C(=O)N2CCC(C(C)O)C2)o1. The van der Waals surface area contributed by atoms with E-state index >= 15 is 0 Å². The van der Waals surface area contributed by atoms with Crippen LogP contribution in [0.1, 0.15) is 23.9 Å². The van der Waals surface area contributed by atoms with Crippen molar-refractivity contribution in [1.82, 2.24) is 4.90 Å². The third-order valence-corrected chi connectivity index (χ3v) is 3.81. The fraction of sp³-hybridized carbons (Fsp3) is 0.583. The summed E-state index contributed by atoms with van der Waals surface area (Å²) in [5.74, 6) is 0.503. The summed E-state index contributed by atoms with van der Waals surface area (Å²) < 4.78 is 5.41. The number of hydrogen-bond acceptors (Lipinski definition) is 4. The molecule has 0 aliphatic carbocycles. The number of amides is 1. The second kappa shape index (κ2) is 5.14. The highest BCUT2D eigenvalue weighted by molar-refractivity contribution is 7.98. The number of aliphatic hydroxyl groups excluding tert-OH is 1. The highest BCUT2D eigenvalue weighted by Gasteiger charge is 2.30. The number of carbonyl (C=O) groups is 1. The van der Waals surface area contributed by atoms with Gasteiger partial charge in [0.25, 0.3) is 5.91 Å². The van der Waals surface area contributed by atoms with Crippen molar-refractivity contribution < 1.29 is 14.3 Å². The number of carbonyl (C=O) groups excluding carboxylic acids is 1. The van der Waals surface area contributed by atoms with Crippen molar-refractivity contribution in [2.24, 2.45) is 5.92 Å². The highest BCUT2D eigenvalue weighted by atomic mass is 32.2. The molecule has 1 aromatic rings. The lowest BCUT2D eigenvalue weighted by Crippen LogP contribution is -2.30. The summed E-state index contributed by atoms with van der Waals surface area (Å²) in [5, 5.41) is 10.2. The largest absolute Gasteiger partial charge is 0.445 e. The maximum Gasteiger partial charge on any atom is 0.289 e. The van der Waals surface area contributed by atoms with Gasteiger partial charge in [-0.05, 0) is 31.7 Å². The summed E-state index contributed by atoms with van der Waals surface area (Å²) in [6, 6.07) is 3.52. The summed E-state index contributed by atoms with van der Waals surface area (Å²) in [4.78, 5) is 13.8. The van der Waals surface area contributed by atoms with Crippen LogP contribution in [-0.4, -0.2) is 41.4 Å². The maximum atomic E-state index is 12.1. The van der Waals surface area contributed by atoms with Crippen molar-refractivity contribution in [2.75, 3.05) is 19.3 Å². The predicted molar refractivity (Wildman–Crippen MR) is 66.2 cm³/mol. The molecule has 1 aliphatic heterocycles. The maximum absolute atomic E-state index is 12.1. The standard InChI is InChI=1S/C12H17NO3S/c1-8(14)9-5-6-13(7-9)12(15)10-3-4-11(16-10)17-2/h3-4,8-9,14H,5-7H2,1-2H3. The number of aliphatic hydroxyl groups is 1. The summed E-state index contributed by atoms with van der Waals surface area (Å²) in [5.41, 5.74) is 0. The van der Waals surface area contributed by atoms with E-state index in [2.05, 4.69) is 0 Å². The molecule has 17 heavy (non-hydrogen) atoms. The first-order valence-corrected chi connectivity index (χ1v) is 6.95. The van der Waals surface area contributed by atoms with Gasteiger partial charge >= 0.3 is 0 Å². The molecule has 5 heteroatoms. The molecule has 1 saturated heterocycles. The zero-order valence-electron chi connectivity index (χ0n) is 10.0. The lowest BCUT2D eigenvalue weighted by Gasteiger charge is -2.16. The van der Waals surface area contributed by atoms with Gasteiger partial charge in [-0.3, -0.25) is 4.79 Å². The molecule has 94 valence electrons. The highest BCUT2D eigenvalue weighted by Crippen LogP contribution is 2.24. The fourth-order valence-electron chi connectivity index (χ4n) is 2.07. The van der Waals surface area contributed by atoms with Crippen LogP contribution in [0.3, 0.4) is 0 Å². The number of rotatable bonds is 3. The van der Waals surface area contributed by atoms with Gasteiger partial charge in [-0.15, -0.1) is 0 Å². The van der Waals surface area contributed by atoms with Crippen LogP contribution in [0.2, 0.25) is 0 Å². The molecule has 0 saturated carbocycles. The lowest BCUT2D eigenvalue weighted by molar-refractivity contribution is 0.0726. The molecule has 0 aromatic carbocycles. The van der Waals surface area contributed by atoms with Crippen LogP contribution in [0.25, 0.3) is 0 Å². The van der Waals surface area contributed by atoms with E-state index in [1.165, 1.54) is 11.8 Å². The van der Waals surface area contributed by atoms with E-state index in [9.17, 15) is 9.90 Å². The Balaban J connectivity index is 2.01. The second-order valence-electron chi connectivity index (χ2n) is 4.36. The van der Waals surface area contributed by atoms with Crippen LogP contribution in [0.5, 0.6) is 0 Å². The van der Waals surface area contributed by atoms with Crippen molar-refractivity contribution in [2.45, 2.75) is 24.5 Å². The van der Waals surface area contributed by atoms with Gasteiger partial charge in [0.2, 0.25) is 0 Å². The van der Waals surface area contributed by atoms with Crippen LogP contribution in [-0.2, 0) is 0 Å². The smallest absolute Gasteiger partial charge is 0.289 e. The summed E-state index contributed by atoms with van der Waals surface area (Å²) in [6.45, 7) is 3.09. The summed E-state index contributed by atoms with van der Waals surface area (Å²) in [6.07, 6.45) is 2.41. The molecule has 1 aromatic heterocycles. The number of thioether (sulfide) groups is 1. The quantitative estimate of drug-likeness (QED) is 0.837. The third kappa shape index (κ3) is 2.66. The molecular formula is C12H17NO3S. The van der Waals surface area contributed by atoms with Crippen LogP contribution in [0, 0.1) is 5.92 Å². The fourth-order valence-corrected chi connectivity index (χ4v) is 2.44. The van der Waals surface area contributed by atoms with Crippen LogP contribution < -0.4 is 0 Å². The first-order chi connectivity index (χ1) is 8.11. The molecule has 1 fully saturated rings. The molecule has 4 nitrogen and oxygen atoms in total. The Labute approximate surface area is 105 Å². The Kier molecular flexibility index (Phi) is 3.79. The molecule has 2 rings (SSSR count). The summed E-state index contributed by atoms with van der Waals surface area (Å²) >= 11 is 1.48. The molecule has 1 N–H and O–H groups in total. The average molecular weight is 255 g/mol. The van der Waals surface area contributed by atoms with Gasteiger partial charge in [0.15, 0.2) is 10.9 Å². The lowest BCUT2D eigenvalue weighted by atomic mass is 10.0. The van der Waals surface area contributed by atoms with E-state index in [-0.39, 0.29) is 17.9 Å². The molecule has 0 radical (unpaired) electrons. The third-order valence-electron chi connectivity index (χ3n) is 3.19. The minimum Gasteiger partial charge on any atom is -0.445 e. The number of likely N-dealkylation sites (tertiary alicyclic amines) is 1. The Morgan fingerprint density at radius 1 is 1.65 bits per heavy atom. The first-order valence-electron chi connectivity index (χ1n) is 5.73. The Morgan fingerprint density at radius 2 is 2.41 bits per heavy atom. The van der Waals surface area contributed by atoms with E-state index in [4.69, 9.17) is 4.42 Å². The van der Waals surface area contributed by atoms with Crippen LogP contribution in [0.4, 0.5) is 0 Å². The van der Waals surface area contributed by atoms with Gasteiger partial charge in [-0.2, -0.15) is 0 Å². The minimum absolute atomic E-state index is 0.0755. The van der Waals surface area contributed by atoms with E-state index in [1.807, 2.05) is 6.26 Å². The van der Waals surface area contributed by atoms with E-state index in [0.29, 0.717) is 18.8 Å². The number of furan rings is 1. The Morgan fingerprint density at radius 3 is 2.94 bits per heavy atom. The topological polar surface area (TPSA) is 53.7 Å². The van der Waals surface area contributed by atoms with E-state index < -0.39 is 0 Å². The van der Waals surface area contributed by atoms with Crippen molar-refractivity contribution in [3.8, 4) is 0 Å². The van der Waals surface area contributed by atoms with E-state index in [1.54, 1.807) is 24.0 Å². The number of hydrogen-bond donors (Lipinski definition) is 1. The van der Waals surface area contributed by atoms with Gasteiger partial charge in [-0.25, -0.2) is 0 Å². The zero-order valence-corrected chi connectivity index (χ0v) is 10.9. The molecule has 2 atom stereocenters.